The van der Waals surface area contributed by atoms with Crippen molar-refractivity contribution in [1.29, 1.82) is 0 Å². The van der Waals surface area contributed by atoms with E-state index in [-0.39, 0.29) is 17.3 Å². The van der Waals surface area contributed by atoms with Crippen molar-refractivity contribution in [2.75, 3.05) is 19.7 Å². The third-order valence-electron chi connectivity index (χ3n) is 4.28. The number of rotatable bonds is 9. The fraction of sp³-hybridized carbons (Fsp3) is 0.526. The van der Waals surface area contributed by atoms with Crippen molar-refractivity contribution in [3.8, 4) is 12.3 Å². The molecule has 1 aromatic carbocycles. The van der Waals surface area contributed by atoms with Gasteiger partial charge in [-0.15, -0.1) is 6.42 Å². The number of ether oxygens (including phenoxy) is 1. The van der Waals surface area contributed by atoms with Gasteiger partial charge < -0.3 is 10.1 Å². The zero-order valence-corrected chi connectivity index (χ0v) is 15.7. The molecule has 142 valence electrons. The number of hydrogen-bond donors (Lipinski definition) is 2. The highest BCUT2D eigenvalue weighted by atomic mass is 32.2. The minimum absolute atomic E-state index is 0.0148. The second-order valence-electron chi connectivity index (χ2n) is 6.30. The first-order valence-electron chi connectivity index (χ1n) is 8.96. The van der Waals surface area contributed by atoms with Gasteiger partial charge in [0.05, 0.1) is 17.5 Å². The van der Waals surface area contributed by atoms with Crippen LogP contribution in [0.1, 0.15) is 48.9 Å². The molecule has 1 aliphatic carbocycles. The Morgan fingerprint density at radius 2 is 2.04 bits per heavy atom. The highest BCUT2D eigenvalue weighted by Crippen LogP contribution is 2.20. The smallest absolute Gasteiger partial charge is 0.251 e. The van der Waals surface area contributed by atoms with Gasteiger partial charge in [-0.2, -0.15) is 4.72 Å². The lowest BCUT2D eigenvalue weighted by Gasteiger charge is -2.21. The van der Waals surface area contributed by atoms with E-state index in [1.54, 1.807) is 6.07 Å². The average Bonchev–Trinajstić information content (AvgIpc) is 2.67. The van der Waals surface area contributed by atoms with Crippen LogP contribution in [0.25, 0.3) is 0 Å². The standard InChI is InChI=1S/C19H26N2O4S/c1-2-12-21-26(23,24)18-11-6-8-16(15-18)19(22)20-13-7-14-25-17-9-4-3-5-10-17/h1,6,8,11,15,17,21H,3-5,7,9-10,12-14H2,(H,20,22). The van der Waals surface area contributed by atoms with E-state index >= 15 is 0 Å². The van der Waals surface area contributed by atoms with E-state index in [9.17, 15) is 13.2 Å². The van der Waals surface area contributed by atoms with Gasteiger partial charge in [0.2, 0.25) is 10.0 Å². The number of amides is 1. The predicted octanol–water partition coefficient (Wildman–Crippen LogP) is 2.07. The highest BCUT2D eigenvalue weighted by Gasteiger charge is 2.16. The topological polar surface area (TPSA) is 84.5 Å². The number of hydrogen-bond acceptors (Lipinski definition) is 4. The number of sulfonamides is 1. The maximum Gasteiger partial charge on any atom is 0.251 e. The van der Waals surface area contributed by atoms with E-state index in [4.69, 9.17) is 11.2 Å². The fourth-order valence-electron chi connectivity index (χ4n) is 2.88. The Hall–Kier alpha value is -1.88. The van der Waals surface area contributed by atoms with Crippen molar-refractivity contribution in [2.45, 2.75) is 49.5 Å². The molecule has 1 saturated carbocycles. The second-order valence-corrected chi connectivity index (χ2v) is 8.06. The molecule has 0 aliphatic heterocycles. The first kappa shape index (κ1) is 20.4. The summed E-state index contributed by atoms with van der Waals surface area (Å²) in [6.07, 6.45) is 12.2. The van der Waals surface area contributed by atoms with Gasteiger partial charge in [0.1, 0.15) is 0 Å². The van der Waals surface area contributed by atoms with Gasteiger partial charge >= 0.3 is 0 Å². The van der Waals surface area contributed by atoms with E-state index in [1.807, 2.05) is 0 Å². The summed E-state index contributed by atoms with van der Waals surface area (Å²) in [5.74, 6) is 1.90. The molecule has 0 heterocycles. The summed E-state index contributed by atoms with van der Waals surface area (Å²) in [4.78, 5) is 12.2. The maximum absolute atomic E-state index is 12.2. The molecule has 26 heavy (non-hydrogen) atoms. The molecule has 7 heteroatoms. The first-order valence-corrected chi connectivity index (χ1v) is 10.4. The quantitative estimate of drug-likeness (QED) is 0.509. The van der Waals surface area contributed by atoms with Crippen LogP contribution in [0.3, 0.4) is 0 Å². The summed E-state index contributed by atoms with van der Waals surface area (Å²) in [6.45, 7) is 1.01. The molecule has 0 radical (unpaired) electrons. The van der Waals surface area contributed by atoms with Crippen LogP contribution in [0.4, 0.5) is 0 Å². The van der Waals surface area contributed by atoms with Crippen molar-refractivity contribution in [3.05, 3.63) is 29.8 Å². The number of nitrogens with one attached hydrogen (secondary N) is 2. The van der Waals surface area contributed by atoms with Gasteiger partial charge in [0.25, 0.3) is 5.91 Å². The summed E-state index contributed by atoms with van der Waals surface area (Å²) in [7, 11) is -3.71. The van der Waals surface area contributed by atoms with Gasteiger partial charge in [-0.25, -0.2) is 8.42 Å². The van der Waals surface area contributed by atoms with Crippen molar-refractivity contribution < 1.29 is 17.9 Å². The fourth-order valence-corrected chi connectivity index (χ4v) is 3.86. The summed E-state index contributed by atoms with van der Waals surface area (Å²) in [6, 6.07) is 5.87. The minimum atomic E-state index is -3.71. The Morgan fingerprint density at radius 3 is 2.77 bits per heavy atom. The molecular weight excluding hydrogens is 352 g/mol. The molecule has 0 unspecified atom stereocenters. The van der Waals surface area contributed by atoms with Crippen LogP contribution in [-0.2, 0) is 14.8 Å². The lowest BCUT2D eigenvalue weighted by Crippen LogP contribution is -2.27. The normalized spacial score (nSPS) is 15.3. The zero-order chi connectivity index (χ0) is 18.8. The number of carbonyl (C=O) groups excluding carboxylic acids is 1. The summed E-state index contributed by atoms with van der Waals surface area (Å²) < 4.78 is 32.2. The SMILES string of the molecule is C#CCNS(=O)(=O)c1cccc(C(=O)NCCCOC2CCCCC2)c1. The number of carbonyl (C=O) groups is 1. The van der Waals surface area contributed by atoms with Crippen molar-refractivity contribution >= 4 is 15.9 Å². The Labute approximate surface area is 155 Å². The van der Waals surface area contributed by atoms with E-state index in [0.29, 0.717) is 24.8 Å². The Kier molecular flexibility index (Phi) is 8.10. The lowest BCUT2D eigenvalue weighted by atomic mass is 9.98. The summed E-state index contributed by atoms with van der Waals surface area (Å²) in [5, 5.41) is 2.79. The largest absolute Gasteiger partial charge is 0.378 e. The molecule has 1 fully saturated rings. The van der Waals surface area contributed by atoms with Crippen LogP contribution in [0.2, 0.25) is 0 Å². The van der Waals surface area contributed by atoms with Crippen LogP contribution in [0.5, 0.6) is 0 Å². The van der Waals surface area contributed by atoms with Gasteiger partial charge in [0, 0.05) is 18.7 Å². The molecule has 6 nitrogen and oxygen atoms in total. The average molecular weight is 378 g/mol. The molecule has 2 rings (SSSR count). The predicted molar refractivity (Wildman–Crippen MR) is 100 cm³/mol. The van der Waals surface area contributed by atoms with Crippen molar-refractivity contribution in [2.24, 2.45) is 0 Å². The van der Waals surface area contributed by atoms with Crippen LogP contribution >= 0.6 is 0 Å². The van der Waals surface area contributed by atoms with Crippen LogP contribution in [-0.4, -0.2) is 40.1 Å². The molecule has 0 atom stereocenters. The van der Waals surface area contributed by atoms with Crippen LogP contribution in [0.15, 0.2) is 29.2 Å². The minimum Gasteiger partial charge on any atom is -0.378 e. The van der Waals surface area contributed by atoms with E-state index < -0.39 is 10.0 Å². The molecule has 2 N–H and O–H groups in total. The third kappa shape index (κ3) is 6.45. The molecule has 1 aliphatic rings. The summed E-state index contributed by atoms with van der Waals surface area (Å²) >= 11 is 0. The highest BCUT2D eigenvalue weighted by molar-refractivity contribution is 7.89. The first-order chi connectivity index (χ1) is 12.5. The van der Waals surface area contributed by atoms with Gasteiger partial charge in [-0.3, -0.25) is 4.79 Å². The molecule has 1 aromatic rings. The Morgan fingerprint density at radius 1 is 1.27 bits per heavy atom. The van der Waals surface area contributed by atoms with Crippen LogP contribution < -0.4 is 10.0 Å². The van der Waals surface area contributed by atoms with Gasteiger partial charge in [-0.1, -0.05) is 31.2 Å². The van der Waals surface area contributed by atoms with Crippen molar-refractivity contribution in [3.63, 3.8) is 0 Å². The molecule has 0 aromatic heterocycles. The van der Waals surface area contributed by atoms with E-state index in [1.165, 1.54) is 37.5 Å². The monoisotopic (exact) mass is 378 g/mol. The second kappa shape index (κ2) is 10.3. The Balaban J connectivity index is 1.78. The van der Waals surface area contributed by atoms with E-state index in [0.717, 1.165) is 19.3 Å². The molecule has 0 bridgehead atoms. The number of benzene rings is 1. The zero-order valence-electron chi connectivity index (χ0n) is 14.9. The third-order valence-corrected chi connectivity index (χ3v) is 5.68. The maximum atomic E-state index is 12.2. The van der Waals surface area contributed by atoms with E-state index in [2.05, 4.69) is 16.0 Å². The summed E-state index contributed by atoms with van der Waals surface area (Å²) in [5.41, 5.74) is 0.293. The molecule has 0 saturated heterocycles. The molecule has 0 spiro atoms. The lowest BCUT2D eigenvalue weighted by molar-refractivity contribution is 0.0273. The Bertz CT molecular complexity index is 734. The number of terminal acetylenes is 1. The molecular formula is C19H26N2O4S. The van der Waals surface area contributed by atoms with Gasteiger partial charge in [-0.05, 0) is 37.5 Å². The van der Waals surface area contributed by atoms with Crippen LogP contribution in [0, 0.1) is 12.3 Å². The van der Waals surface area contributed by atoms with Crippen molar-refractivity contribution in [1.82, 2.24) is 10.0 Å². The van der Waals surface area contributed by atoms with Gasteiger partial charge in [0.15, 0.2) is 0 Å². The molecule has 1 amide bonds.